The Bertz CT molecular complexity index is 530. The molecule has 0 aromatic heterocycles. The number of unbranched alkanes of at least 4 members (excludes halogenated alkanes) is 9. The molecule has 160 valence electrons. The highest BCUT2D eigenvalue weighted by molar-refractivity contribution is 7.88. The molecule has 0 aliphatic rings. The van der Waals surface area contributed by atoms with E-state index in [0.29, 0.717) is 19.3 Å². The summed E-state index contributed by atoms with van der Waals surface area (Å²) in [5, 5.41) is 9.06. The molecule has 8 heteroatoms. The number of carboxylic acid groups (broad SMARTS) is 1. The Labute approximate surface area is 163 Å². The van der Waals surface area contributed by atoms with Gasteiger partial charge in [0, 0.05) is 0 Å². The van der Waals surface area contributed by atoms with Crippen LogP contribution in [0, 0.1) is 0 Å². The normalized spacial score (nSPS) is 13.9. The number of carboxylic acids is 1. The molecule has 1 atom stereocenters. The van der Waals surface area contributed by atoms with Crippen molar-refractivity contribution in [1.29, 1.82) is 0 Å². The Balaban J connectivity index is 4.64. The molecule has 7 nitrogen and oxygen atoms in total. The van der Waals surface area contributed by atoms with E-state index >= 15 is 0 Å². The van der Waals surface area contributed by atoms with Gasteiger partial charge in [-0.05, 0) is 12.8 Å². The highest BCUT2D eigenvalue weighted by Crippen LogP contribution is 2.30. The predicted molar refractivity (Wildman–Crippen MR) is 104 cm³/mol. The van der Waals surface area contributed by atoms with Crippen LogP contribution in [0.25, 0.3) is 0 Å². The largest absolute Gasteiger partial charge is 0.481 e. The van der Waals surface area contributed by atoms with Crippen molar-refractivity contribution in [3.8, 4) is 0 Å². The lowest BCUT2D eigenvalue weighted by atomic mass is 9.96. The van der Waals surface area contributed by atoms with Crippen molar-refractivity contribution in [2.24, 2.45) is 0 Å². The van der Waals surface area contributed by atoms with E-state index in [4.69, 9.17) is 9.84 Å². The molecule has 0 saturated carbocycles. The maximum Gasteiger partial charge on any atom is 0.330 e. The summed E-state index contributed by atoms with van der Waals surface area (Å²) in [5.74, 6) is -2.63. The van der Waals surface area contributed by atoms with Gasteiger partial charge in [0.1, 0.15) is 0 Å². The van der Waals surface area contributed by atoms with Crippen LogP contribution in [-0.2, 0) is 24.4 Å². The Kier molecular flexibility index (Phi) is 13.3. The molecule has 0 fully saturated rings. The fourth-order valence-electron chi connectivity index (χ4n) is 3.03. The van der Waals surface area contributed by atoms with Crippen molar-refractivity contribution in [2.75, 3.05) is 6.61 Å². The summed E-state index contributed by atoms with van der Waals surface area (Å²) in [7, 11) is -4.92. The van der Waals surface area contributed by atoms with E-state index in [2.05, 4.69) is 6.92 Å². The molecule has 0 amide bonds. The van der Waals surface area contributed by atoms with Crippen LogP contribution in [0.1, 0.15) is 97.3 Å². The highest BCUT2D eigenvalue weighted by atomic mass is 32.2. The van der Waals surface area contributed by atoms with E-state index in [1.807, 2.05) is 6.92 Å². The van der Waals surface area contributed by atoms with Gasteiger partial charge in [-0.2, -0.15) is 8.42 Å². The van der Waals surface area contributed by atoms with E-state index in [1.165, 1.54) is 25.7 Å². The first-order chi connectivity index (χ1) is 12.7. The summed E-state index contributed by atoms with van der Waals surface area (Å²) in [5.41, 5.74) is 0. The minimum absolute atomic E-state index is 0.0263. The molecule has 0 aromatic rings. The molecule has 0 radical (unpaired) electrons. The van der Waals surface area contributed by atoms with Crippen LogP contribution in [-0.4, -0.2) is 41.4 Å². The average molecular weight is 409 g/mol. The molecule has 0 aromatic carbocycles. The third kappa shape index (κ3) is 10.1. The second kappa shape index (κ2) is 13.9. The van der Waals surface area contributed by atoms with Crippen LogP contribution in [0.5, 0.6) is 0 Å². The summed E-state index contributed by atoms with van der Waals surface area (Å²) in [6.07, 6.45) is 8.84. The minimum atomic E-state index is -4.92. The topological polar surface area (TPSA) is 118 Å². The molecule has 0 saturated heterocycles. The standard InChI is InChI=1S/C19H36O7S/c1-3-5-7-8-9-10-11-13-15-26-18(22)19(16-17(20)21,27(23,24)25)14-12-6-4-2/h3-16H2,1-2H3,(H,20,21)(H,23,24,25). The lowest BCUT2D eigenvalue weighted by Gasteiger charge is -2.27. The van der Waals surface area contributed by atoms with Crippen LogP contribution in [0.2, 0.25) is 0 Å². The quantitative estimate of drug-likeness (QED) is 0.209. The molecule has 2 N–H and O–H groups in total. The summed E-state index contributed by atoms with van der Waals surface area (Å²) in [6, 6.07) is 0. The first-order valence-electron chi connectivity index (χ1n) is 10.1. The zero-order valence-electron chi connectivity index (χ0n) is 16.7. The summed E-state index contributed by atoms with van der Waals surface area (Å²) in [6.45, 7) is 4.08. The fourth-order valence-corrected chi connectivity index (χ4v) is 4.00. The highest BCUT2D eigenvalue weighted by Gasteiger charge is 2.52. The second-order valence-corrected chi connectivity index (χ2v) is 8.84. The van der Waals surface area contributed by atoms with Gasteiger partial charge < -0.3 is 9.84 Å². The van der Waals surface area contributed by atoms with Gasteiger partial charge in [-0.1, -0.05) is 78.1 Å². The van der Waals surface area contributed by atoms with Crippen LogP contribution in [0.3, 0.4) is 0 Å². The zero-order chi connectivity index (χ0) is 20.8. The van der Waals surface area contributed by atoms with Crippen molar-refractivity contribution >= 4 is 22.1 Å². The van der Waals surface area contributed by atoms with Gasteiger partial charge in [-0.15, -0.1) is 0 Å². The molecular weight excluding hydrogens is 372 g/mol. The molecule has 0 heterocycles. The van der Waals surface area contributed by atoms with Gasteiger partial charge in [0.15, 0.2) is 0 Å². The Hall–Kier alpha value is -1.15. The predicted octanol–water partition coefficient (Wildman–Crippen LogP) is 4.35. The number of esters is 1. The zero-order valence-corrected chi connectivity index (χ0v) is 17.6. The minimum Gasteiger partial charge on any atom is -0.481 e. The first kappa shape index (κ1) is 25.9. The Morgan fingerprint density at radius 3 is 1.81 bits per heavy atom. The number of hydrogen-bond acceptors (Lipinski definition) is 5. The Morgan fingerprint density at radius 1 is 0.852 bits per heavy atom. The van der Waals surface area contributed by atoms with Gasteiger partial charge >= 0.3 is 11.9 Å². The van der Waals surface area contributed by atoms with Gasteiger partial charge in [-0.3, -0.25) is 14.1 Å². The van der Waals surface area contributed by atoms with Gasteiger partial charge in [0.25, 0.3) is 10.1 Å². The lowest BCUT2D eigenvalue weighted by molar-refractivity contribution is -0.152. The SMILES string of the molecule is CCCCCCCCCCOC(=O)C(CCCCC)(CC(=O)O)S(=O)(=O)O. The van der Waals surface area contributed by atoms with Crippen molar-refractivity contribution in [3.05, 3.63) is 0 Å². The summed E-state index contributed by atoms with van der Waals surface area (Å²) in [4.78, 5) is 23.6. The first-order valence-corrected chi connectivity index (χ1v) is 11.5. The van der Waals surface area contributed by atoms with E-state index in [-0.39, 0.29) is 13.0 Å². The number of carbonyl (C=O) groups is 2. The fraction of sp³-hybridized carbons (Fsp3) is 0.895. The van der Waals surface area contributed by atoms with Crippen LogP contribution < -0.4 is 0 Å². The molecule has 0 rings (SSSR count). The third-order valence-electron chi connectivity index (χ3n) is 4.72. The Morgan fingerprint density at radius 2 is 1.33 bits per heavy atom. The number of rotatable bonds is 17. The number of ether oxygens (including phenoxy) is 1. The van der Waals surface area contributed by atoms with Crippen molar-refractivity contribution in [3.63, 3.8) is 0 Å². The van der Waals surface area contributed by atoms with Crippen LogP contribution in [0.15, 0.2) is 0 Å². The second-order valence-electron chi connectivity index (χ2n) is 7.11. The monoisotopic (exact) mass is 408 g/mol. The van der Waals surface area contributed by atoms with Gasteiger partial charge in [0.05, 0.1) is 13.0 Å². The van der Waals surface area contributed by atoms with Crippen molar-refractivity contribution in [2.45, 2.75) is 102 Å². The third-order valence-corrected chi connectivity index (χ3v) is 6.22. The van der Waals surface area contributed by atoms with Crippen LogP contribution in [0.4, 0.5) is 0 Å². The maximum absolute atomic E-state index is 12.4. The lowest BCUT2D eigenvalue weighted by Crippen LogP contribution is -2.49. The van der Waals surface area contributed by atoms with E-state index < -0.39 is 33.2 Å². The summed E-state index contributed by atoms with van der Waals surface area (Å²) >= 11 is 0. The van der Waals surface area contributed by atoms with Gasteiger partial charge in [-0.25, -0.2) is 0 Å². The molecule has 0 aliphatic heterocycles. The van der Waals surface area contributed by atoms with E-state index in [0.717, 1.165) is 25.7 Å². The smallest absolute Gasteiger partial charge is 0.330 e. The summed E-state index contributed by atoms with van der Waals surface area (Å²) < 4.78 is 36.0. The van der Waals surface area contributed by atoms with Crippen molar-refractivity contribution < 1.29 is 32.4 Å². The molecular formula is C19H36O7S. The molecule has 27 heavy (non-hydrogen) atoms. The van der Waals surface area contributed by atoms with Gasteiger partial charge in [0.2, 0.25) is 4.75 Å². The average Bonchev–Trinajstić information content (AvgIpc) is 2.58. The molecule has 1 unspecified atom stereocenters. The molecule has 0 aliphatic carbocycles. The molecule has 0 spiro atoms. The number of aliphatic carboxylic acids is 1. The number of hydrogen-bond donors (Lipinski definition) is 2. The molecule has 0 bridgehead atoms. The van der Waals surface area contributed by atoms with Crippen LogP contribution >= 0.6 is 0 Å². The maximum atomic E-state index is 12.4. The number of carbonyl (C=O) groups excluding carboxylic acids is 1. The van der Waals surface area contributed by atoms with Crippen molar-refractivity contribution in [1.82, 2.24) is 0 Å². The van der Waals surface area contributed by atoms with E-state index in [1.54, 1.807) is 0 Å². The van der Waals surface area contributed by atoms with E-state index in [9.17, 15) is 22.6 Å².